The SMILES string of the molecule is O=C(c1ccc(Br)cc1Cl)N1CCC(C2OCCO2)CC1. The lowest BCUT2D eigenvalue weighted by atomic mass is 9.95. The Kier molecular flexibility index (Phi) is 4.84. The van der Waals surface area contributed by atoms with Crippen LogP contribution in [0.3, 0.4) is 0 Å². The van der Waals surface area contributed by atoms with Crippen LogP contribution >= 0.6 is 27.5 Å². The van der Waals surface area contributed by atoms with E-state index in [-0.39, 0.29) is 12.2 Å². The molecule has 0 bridgehead atoms. The van der Waals surface area contributed by atoms with Crippen molar-refractivity contribution in [1.82, 2.24) is 4.90 Å². The molecule has 4 nitrogen and oxygen atoms in total. The molecule has 3 rings (SSSR count). The molecule has 2 aliphatic heterocycles. The predicted molar refractivity (Wildman–Crippen MR) is 83.5 cm³/mol. The number of carbonyl (C=O) groups excluding carboxylic acids is 1. The summed E-state index contributed by atoms with van der Waals surface area (Å²) in [6.07, 6.45) is 1.73. The molecule has 0 atom stereocenters. The Morgan fingerprint density at radius 3 is 2.52 bits per heavy atom. The van der Waals surface area contributed by atoms with E-state index in [0.29, 0.717) is 29.7 Å². The average molecular weight is 375 g/mol. The minimum atomic E-state index is -0.0847. The molecule has 0 unspecified atom stereocenters. The van der Waals surface area contributed by atoms with Gasteiger partial charge in [0, 0.05) is 23.5 Å². The highest BCUT2D eigenvalue weighted by molar-refractivity contribution is 9.10. The molecule has 1 amide bonds. The molecule has 0 aromatic heterocycles. The fraction of sp³-hybridized carbons (Fsp3) is 0.533. The number of hydrogen-bond donors (Lipinski definition) is 0. The fourth-order valence-corrected chi connectivity index (χ4v) is 3.61. The number of rotatable bonds is 2. The molecule has 1 aromatic rings. The van der Waals surface area contributed by atoms with Gasteiger partial charge in [0.25, 0.3) is 5.91 Å². The molecule has 21 heavy (non-hydrogen) atoms. The first kappa shape index (κ1) is 15.3. The largest absolute Gasteiger partial charge is 0.350 e. The van der Waals surface area contributed by atoms with Crippen LogP contribution in [0.2, 0.25) is 5.02 Å². The number of nitrogens with zero attached hydrogens (tertiary/aromatic N) is 1. The lowest BCUT2D eigenvalue weighted by Crippen LogP contribution is -2.41. The third kappa shape index (κ3) is 3.42. The molecule has 0 saturated carbocycles. The van der Waals surface area contributed by atoms with Crippen LogP contribution in [-0.4, -0.2) is 43.4 Å². The number of hydrogen-bond acceptors (Lipinski definition) is 3. The van der Waals surface area contributed by atoms with Crippen molar-refractivity contribution >= 4 is 33.4 Å². The summed E-state index contributed by atoms with van der Waals surface area (Å²) in [5.41, 5.74) is 0.562. The Morgan fingerprint density at radius 2 is 1.90 bits per heavy atom. The van der Waals surface area contributed by atoms with E-state index in [9.17, 15) is 4.79 Å². The van der Waals surface area contributed by atoms with Gasteiger partial charge in [-0.05, 0) is 31.0 Å². The highest BCUT2D eigenvalue weighted by Gasteiger charge is 2.32. The zero-order valence-electron chi connectivity index (χ0n) is 11.6. The first-order chi connectivity index (χ1) is 10.1. The lowest BCUT2D eigenvalue weighted by molar-refractivity contribution is -0.0956. The Morgan fingerprint density at radius 1 is 1.24 bits per heavy atom. The number of benzene rings is 1. The maximum absolute atomic E-state index is 12.5. The molecule has 0 aliphatic carbocycles. The lowest BCUT2D eigenvalue weighted by Gasteiger charge is -2.34. The molecule has 6 heteroatoms. The Hall–Kier alpha value is -0.620. The molecular formula is C15H17BrClNO3. The van der Waals surface area contributed by atoms with E-state index >= 15 is 0 Å². The second-order valence-corrected chi connectivity index (χ2v) is 6.69. The van der Waals surface area contributed by atoms with E-state index < -0.39 is 0 Å². The van der Waals surface area contributed by atoms with Crippen LogP contribution in [0.15, 0.2) is 22.7 Å². The fourth-order valence-electron chi connectivity index (χ4n) is 2.86. The van der Waals surface area contributed by atoms with Gasteiger partial charge >= 0.3 is 0 Å². The molecule has 2 heterocycles. The van der Waals surface area contributed by atoms with E-state index in [2.05, 4.69) is 15.9 Å². The van der Waals surface area contributed by atoms with Gasteiger partial charge in [-0.1, -0.05) is 27.5 Å². The molecule has 0 N–H and O–H groups in total. The topological polar surface area (TPSA) is 38.8 Å². The number of ether oxygens (including phenoxy) is 2. The molecule has 114 valence electrons. The van der Waals surface area contributed by atoms with E-state index in [1.807, 2.05) is 11.0 Å². The van der Waals surface area contributed by atoms with Crippen molar-refractivity contribution in [1.29, 1.82) is 0 Å². The summed E-state index contributed by atoms with van der Waals surface area (Å²) in [4.78, 5) is 14.4. The van der Waals surface area contributed by atoms with Crippen molar-refractivity contribution in [3.8, 4) is 0 Å². The monoisotopic (exact) mass is 373 g/mol. The van der Waals surface area contributed by atoms with Gasteiger partial charge in [0.1, 0.15) is 0 Å². The summed E-state index contributed by atoms with van der Waals surface area (Å²) in [5, 5.41) is 0.485. The third-order valence-corrected chi connectivity index (χ3v) is 4.83. The number of amides is 1. The van der Waals surface area contributed by atoms with Crippen molar-refractivity contribution in [2.45, 2.75) is 19.1 Å². The van der Waals surface area contributed by atoms with Crippen molar-refractivity contribution in [3.63, 3.8) is 0 Å². The molecule has 2 saturated heterocycles. The van der Waals surface area contributed by atoms with Gasteiger partial charge in [-0.3, -0.25) is 4.79 Å². The van der Waals surface area contributed by atoms with Crippen LogP contribution in [0, 0.1) is 5.92 Å². The molecular weight excluding hydrogens is 358 g/mol. The zero-order valence-corrected chi connectivity index (χ0v) is 13.9. The summed E-state index contributed by atoms with van der Waals surface area (Å²) < 4.78 is 12.0. The molecule has 0 radical (unpaired) electrons. The van der Waals surface area contributed by atoms with Crippen LogP contribution in [0.4, 0.5) is 0 Å². The van der Waals surface area contributed by atoms with Crippen LogP contribution in [0.25, 0.3) is 0 Å². The molecule has 1 aromatic carbocycles. The van der Waals surface area contributed by atoms with Crippen LogP contribution in [-0.2, 0) is 9.47 Å². The molecule has 0 spiro atoms. The first-order valence-electron chi connectivity index (χ1n) is 7.12. The predicted octanol–water partition coefficient (Wildman–Crippen LogP) is 3.33. The summed E-state index contributed by atoms with van der Waals surface area (Å²) in [6.45, 7) is 2.80. The number of piperidine rings is 1. The second-order valence-electron chi connectivity index (χ2n) is 5.36. The Bertz CT molecular complexity index is 526. The highest BCUT2D eigenvalue weighted by atomic mass is 79.9. The van der Waals surface area contributed by atoms with E-state index in [4.69, 9.17) is 21.1 Å². The second kappa shape index (κ2) is 6.65. The van der Waals surface area contributed by atoms with Gasteiger partial charge in [-0.15, -0.1) is 0 Å². The van der Waals surface area contributed by atoms with Crippen LogP contribution in [0.5, 0.6) is 0 Å². The minimum absolute atomic E-state index is 0.000733. The van der Waals surface area contributed by atoms with Crippen molar-refractivity contribution in [2.75, 3.05) is 26.3 Å². The van der Waals surface area contributed by atoms with Gasteiger partial charge < -0.3 is 14.4 Å². The maximum Gasteiger partial charge on any atom is 0.255 e. The number of carbonyl (C=O) groups is 1. The average Bonchev–Trinajstić information content (AvgIpc) is 3.01. The van der Waals surface area contributed by atoms with E-state index in [1.165, 1.54) is 0 Å². The van der Waals surface area contributed by atoms with Crippen molar-refractivity contribution in [3.05, 3.63) is 33.3 Å². The summed E-state index contributed by atoms with van der Waals surface area (Å²) in [5.74, 6) is 0.385. The third-order valence-electron chi connectivity index (χ3n) is 4.02. The van der Waals surface area contributed by atoms with Gasteiger partial charge in [0.05, 0.1) is 23.8 Å². The quantitative estimate of drug-likeness (QED) is 0.797. The first-order valence-corrected chi connectivity index (χ1v) is 8.30. The van der Waals surface area contributed by atoms with Gasteiger partial charge in [0.2, 0.25) is 0 Å². The maximum atomic E-state index is 12.5. The Labute approximate surface area is 137 Å². The van der Waals surface area contributed by atoms with Crippen molar-refractivity contribution < 1.29 is 14.3 Å². The molecule has 2 fully saturated rings. The van der Waals surface area contributed by atoms with Crippen LogP contribution in [0.1, 0.15) is 23.2 Å². The summed E-state index contributed by atoms with van der Waals surface area (Å²) in [6, 6.07) is 5.36. The van der Waals surface area contributed by atoms with E-state index in [0.717, 1.165) is 30.4 Å². The summed E-state index contributed by atoms with van der Waals surface area (Å²) in [7, 11) is 0. The number of halogens is 2. The zero-order chi connectivity index (χ0) is 14.8. The van der Waals surface area contributed by atoms with Gasteiger partial charge in [0.15, 0.2) is 6.29 Å². The highest BCUT2D eigenvalue weighted by Crippen LogP contribution is 2.28. The van der Waals surface area contributed by atoms with Gasteiger partial charge in [-0.25, -0.2) is 0 Å². The number of likely N-dealkylation sites (tertiary alicyclic amines) is 1. The normalized spacial score (nSPS) is 21.0. The van der Waals surface area contributed by atoms with Gasteiger partial charge in [-0.2, -0.15) is 0 Å². The summed E-state index contributed by atoms with van der Waals surface area (Å²) >= 11 is 9.51. The smallest absolute Gasteiger partial charge is 0.255 e. The van der Waals surface area contributed by atoms with E-state index in [1.54, 1.807) is 12.1 Å². The van der Waals surface area contributed by atoms with Crippen molar-refractivity contribution in [2.24, 2.45) is 5.92 Å². The minimum Gasteiger partial charge on any atom is -0.350 e. The Balaban J connectivity index is 1.62. The standard InChI is InChI=1S/C15H17BrClNO3/c16-11-1-2-12(13(17)9-11)14(19)18-5-3-10(4-6-18)15-20-7-8-21-15/h1-2,9-10,15H,3-8H2. The molecule has 2 aliphatic rings. The van der Waals surface area contributed by atoms with Crippen LogP contribution < -0.4 is 0 Å².